The van der Waals surface area contributed by atoms with Crippen molar-refractivity contribution in [3.63, 3.8) is 0 Å². The second-order valence-electron chi connectivity index (χ2n) is 5.08. The monoisotopic (exact) mass is 307 g/mol. The second-order valence-corrected chi connectivity index (χ2v) is 5.08. The Bertz CT molecular complexity index is 500. The van der Waals surface area contributed by atoms with Crippen molar-refractivity contribution >= 4 is 5.91 Å². The number of carbonyl (C=O) groups excluding carboxylic acids is 1. The Morgan fingerprint density at radius 1 is 1.29 bits per heavy atom. The Labute approximate surface area is 120 Å². The molecule has 0 heterocycles. The molecule has 0 fully saturated rings. The van der Waals surface area contributed by atoms with Crippen molar-refractivity contribution < 1.29 is 27.5 Å². The molecule has 118 valence electrons. The summed E-state index contributed by atoms with van der Waals surface area (Å²) in [6.45, 7) is 3.69. The van der Waals surface area contributed by atoms with Gasteiger partial charge in [-0.3, -0.25) is 4.79 Å². The van der Waals surface area contributed by atoms with Gasteiger partial charge in [-0.2, -0.15) is 13.2 Å². The Balaban J connectivity index is 2.73. The van der Waals surface area contributed by atoms with E-state index in [2.05, 4.69) is 5.32 Å². The number of halogens is 4. The maximum atomic E-state index is 13.2. The maximum Gasteiger partial charge on any atom is 0.416 e. The van der Waals surface area contributed by atoms with Gasteiger partial charge in [0.2, 0.25) is 0 Å². The van der Waals surface area contributed by atoms with Crippen LogP contribution in [0.5, 0.6) is 0 Å². The molecule has 0 aliphatic carbocycles. The fourth-order valence-electron chi connectivity index (χ4n) is 1.65. The zero-order valence-corrected chi connectivity index (χ0v) is 11.7. The van der Waals surface area contributed by atoms with E-state index < -0.39 is 35.1 Å². The lowest BCUT2D eigenvalue weighted by atomic mass is 10.0. The van der Waals surface area contributed by atoms with Gasteiger partial charge in [0.15, 0.2) is 0 Å². The molecule has 0 bridgehead atoms. The molecule has 0 aromatic heterocycles. The third kappa shape index (κ3) is 5.34. The summed E-state index contributed by atoms with van der Waals surface area (Å²) in [5.74, 6) is -1.93. The number of carbonyl (C=O) groups is 1. The molecule has 1 unspecified atom stereocenters. The summed E-state index contributed by atoms with van der Waals surface area (Å²) < 4.78 is 50.7. The zero-order valence-electron chi connectivity index (χ0n) is 11.7. The summed E-state index contributed by atoms with van der Waals surface area (Å²) in [4.78, 5) is 11.7. The molecule has 0 aliphatic heterocycles. The van der Waals surface area contributed by atoms with E-state index in [-0.39, 0.29) is 18.9 Å². The average Bonchev–Trinajstić information content (AvgIpc) is 2.36. The summed E-state index contributed by atoms with van der Waals surface area (Å²) in [7, 11) is 0. The van der Waals surface area contributed by atoms with Gasteiger partial charge in [-0.05, 0) is 30.5 Å². The van der Waals surface area contributed by atoms with Gasteiger partial charge in [0.25, 0.3) is 5.91 Å². The Morgan fingerprint density at radius 3 is 2.43 bits per heavy atom. The van der Waals surface area contributed by atoms with Crippen LogP contribution in [0.4, 0.5) is 17.6 Å². The zero-order chi connectivity index (χ0) is 16.2. The number of hydrogen-bond acceptors (Lipinski definition) is 2. The van der Waals surface area contributed by atoms with E-state index in [1.807, 2.05) is 0 Å². The third-order valence-corrected chi connectivity index (χ3v) is 2.98. The molecule has 1 aromatic rings. The highest BCUT2D eigenvalue weighted by atomic mass is 19.4. The highest BCUT2D eigenvalue weighted by Crippen LogP contribution is 2.30. The van der Waals surface area contributed by atoms with Crippen molar-refractivity contribution in [3.05, 3.63) is 35.1 Å². The predicted molar refractivity (Wildman–Crippen MR) is 69.2 cm³/mol. The topological polar surface area (TPSA) is 49.3 Å². The van der Waals surface area contributed by atoms with Gasteiger partial charge in [-0.1, -0.05) is 13.8 Å². The molecular weight excluding hydrogens is 290 g/mol. The first-order valence-corrected chi connectivity index (χ1v) is 6.45. The van der Waals surface area contributed by atoms with Gasteiger partial charge < -0.3 is 10.4 Å². The van der Waals surface area contributed by atoms with Crippen molar-refractivity contribution in [2.75, 3.05) is 6.54 Å². The molecule has 7 heteroatoms. The smallest absolute Gasteiger partial charge is 0.393 e. The van der Waals surface area contributed by atoms with Gasteiger partial charge in [0.1, 0.15) is 5.82 Å². The van der Waals surface area contributed by atoms with Gasteiger partial charge in [0.05, 0.1) is 11.7 Å². The number of nitrogens with one attached hydrogen (secondary N) is 1. The first-order chi connectivity index (χ1) is 9.61. The number of rotatable bonds is 5. The lowest BCUT2D eigenvalue weighted by molar-refractivity contribution is -0.137. The van der Waals surface area contributed by atoms with E-state index in [0.717, 1.165) is 6.07 Å². The van der Waals surface area contributed by atoms with Gasteiger partial charge in [-0.15, -0.1) is 0 Å². The number of amides is 1. The number of aliphatic hydroxyl groups is 1. The van der Waals surface area contributed by atoms with E-state index in [1.165, 1.54) is 0 Å². The van der Waals surface area contributed by atoms with Crippen LogP contribution >= 0.6 is 0 Å². The number of hydrogen-bond donors (Lipinski definition) is 2. The van der Waals surface area contributed by atoms with Crippen LogP contribution in [0, 0.1) is 11.7 Å². The highest BCUT2D eigenvalue weighted by Gasteiger charge is 2.32. The van der Waals surface area contributed by atoms with Crippen LogP contribution in [0.25, 0.3) is 0 Å². The molecule has 1 atom stereocenters. The van der Waals surface area contributed by atoms with Crippen molar-refractivity contribution in [1.29, 1.82) is 0 Å². The fourth-order valence-corrected chi connectivity index (χ4v) is 1.65. The lowest BCUT2D eigenvalue weighted by Crippen LogP contribution is -2.29. The van der Waals surface area contributed by atoms with Gasteiger partial charge in [0, 0.05) is 12.1 Å². The molecule has 0 radical (unpaired) electrons. The Morgan fingerprint density at radius 2 is 1.90 bits per heavy atom. The van der Waals surface area contributed by atoms with Gasteiger partial charge >= 0.3 is 6.18 Å². The SMILES string of the molecule is CC(C)C(O)CCNC(=O)c1cc(F)cc(C(F)(F)F)c1. The molecule has 1 rings (SSSR count). The second kappa shape index (κ2) is 6.89. The van der Waals surface area contributed by atoms with Crippen LogP contribution in [0.1, 0.15) is 36.2 Å². The van der Waals surface area contributed by atoms with E-state index in [4.69, 9.17) is 0 Å². The largest absolute Gasteiger partial charge is 0.416 e. The summed E-state index contributed by atoms with van der Waals surface area (Å²) in [6.07, 6.45) is -5.07. The first kappa shape index (κ1) is 17.4. The highest BCUT2D eigenvalue weighted by molar-refractivity contribution is 5.94. The minimum atomic E-state index is -4.72. The molecule has 3 nitrogen and oxygen atoms in total. The molecule has 1 amide bonds. The normalized spacial score (nSPS) is 13.3. The Kier molecular flexibility index (Phi) is 5.71. The van der Waals surface area contributed by atoms with Gasteiger partial charge in [-0.25, -0.2) is 4.39 Å². The molecule has 0 spiro atoms. The molecular formula is C14H17F4NO2. The van der Waals surface area contributed by atoms with E-state index >= 15 is 0 Å². The summed E-state index contributed by atoms with van der Waals surface area (Å²) in [5, 5.41) is 11.9. The molecule has 0 saturated carbocycles. The minimum Gasteiger partial charge on any atom is -0.393 e. The molecule has 1 aromatic carbocycles. The molecule has 0 saturated heterocycles. The van der Waals surface area contributed by atoms with Crippen molar-refractivity contribution in [1.82, 2.24) is 5.32 Å². The van der Waals surface area contributed by atoms with Crippen LogP contribution in [0.2, 0.25) is 0 Å². The average molecular weight is 307 g/mol. The summed E-state index contributed by atoms with van der Waals surface area (Å²) in [6, 6.07) is 1.67. The van der Waals surface area contributed by atoms with Crippen molar-refractivity contribution in [3.8, 4) is 0 Å². The van der Waals surface area contributed by atoms with Crippen LogP contribution in [-0.2, 0) is 6.18 Å². The molecule has 2 N–H and O–H groups in total. The van der Waals surface area contributed by atoms with Crippen LogP contribution in [0.15, 0.2) is 18.2 Å². The van der Waals surface area contributed by atoms with E-state index in [1.54, 1.807) is 13.8 Å². The standard InChI is InChI=1S/C14H17F4NO2/c1-8(2)12(20)3-4-19-13(21)9-5-10(14(16,17)18)7-11(15)6-9/h5-8,12,20H,3-4H2,1-2H3,(H,19,21). The van der Waals surface area contributed by atoms with Crippen LogP contribution < -0.4 is 5.32 Å². The van der Waals surface area contributed by atoms with Crippen molar-refractivity contribution in [2.45, 2.75) is 32.5 Å². The predicted octanol–water partition coefficient (Wildman–Crippen LogP) is 2.98. The maximum absolute atomic E-state index is 13.2. The summed E-state index contributed by atoms with van der Waals surface area (Å²) >= 11 is 0. The fraction of sp³-hybridized carbons (Fsp3) is 0.500. The van der Waals surface area contributed by atoms with Crippen LogP contribution in [0.3, 0.4) is 0 Å². The number of aliphatic hydroxyl groups excluding tert-OH is 1. The lowest BCUT2D eigenvalue weighted by Gasteiger charge is -2.15. The van der Waals surface area contributed by atoms with E-state index in [9.17, 15) is 27.5 Å². The molecule has 21 heavy (non-hydrogen) atoms. The van der Waals surface area contributed by atoms with Crippen molar-refractivity contribution in [2.24, 2.45) is 5.92 Å². The Hall–Kier alpha value is -1.63. The number of alkyl halides is 3. The van der Waals surface area contributed by atoms with Crippen LogP contribution in [-0.4, -0.2) is 23.7 Å². The first-order valence-electron chi connectivity index (χ1n) is 6.45. The summed E-state index contributed by atoms with van der Waals surface area (Å²) in [5.41, 5.74) is -1.61. The molecule has 0 aliphatic rings. The van der Waals surface area contributed by atoms with E-state index in [0.29, 0.717) is 12.1 Å². The minimum absolute atomic E-state index is 0.00732. The quantitative estimate of drug-likeness (QED) is 0.822. The number of benzene rings is 1. The third-order valence-electron chi connectivity index (χ3n) is 2.98.